The first-order chi connectivity index (χ1) is 16.4. The number of carbonyl (C=O) groups excluding carboxylic acids is 1. The van der Waals surface area contributed by atoms with E-state index in [4.69, 9.17) is 15.8 Å². The van der Waals surface area contributed by atoms with Crippen LogP contribution in [0.2, 0.25) is 5.02 Å². The van der Waals surface area contributed by atoms with E-state index in [0.717, 1.165) is 18.2 Å². The topological polar surface area (TPSA) is 63.7 Å². The monoisotopic (exact) mass is 525 g/mol. The molecular weight excluding hydrogens is 503 g/mol. The average Bonchev–Trinajstić information content (AvgIpc) is 2.82. The Kier molecular flexibility index (Phi) is 8.12. The largest absolute Gasteiger partial charge is 0.416 e. The highest BCUT2D eigenvalue weighted by Gasteiger charge is 2.32. The van der Waals surface area contributed by atoms with Gasteiger partial charge in [-0.05, 0) is 49.7 Å². The molecule has 0 aliphatic carbocycles. The van der Waals surface area contributed by atoms with Gasteiger partial charge in [0.05, 0.1) is 16.1 Å². The molecule has 0 radical (unpaired) electrons. The summed E-state index contributed by atoms with van der Waals surface area (Å²) in [4.78, 5) is 14.2. The quantitative estimate of drug-likeness (QED) is 0.312. The third-order valence-corrected chi connectivity index (χ3v) is 7.01. The van der Waals surface area contributed by atoms with Crippen molar-refractivity contribution in [2.75, 3.05) is 0 Å². The zero-order valence-corrected chi connectivity index (χ0v) is 20.5. The number of carbonyl (C=O) groups is 1. The van der Waals surface area contributed by atoms with E-state index in [9.17, 15) is 26.4 Å². The summed E-state index contributed by atoms with van der Waals surface area (Å²) in [5.41, 5.74) is -0.447. The maximum Gasteiger partial charge on any atom is 0.416 e. The molecule has 35 heavy (non-hydrogen) atoms. The van der Waals surface area contributed by atoms with Crippen LogP contribution < -0.4 is 4.18 Å². The summed E-state index contributed by atoms with van der Waals surface area (Å²) in [6, 6.07) is 15.8. The molecule has 0 aromatic heterocycles. The van der Waals surface area contributed by atoms with Crippen LogP contribution in [0.5, 0.6) is 5.75 Å². The molecule has 3 aromatic carbocycles. The van der Waals surface area contributed by atoms with Crippen molar-refractivity contribution in [2.24, 2.45) is 0 Å². The van der Waals surface area contributed by atoms with E-state index in [-0.39, 0.29) is 29.3 Å². The normalized spacial score (nSPS) is 12.7. The first kappa shape index (κ1) is 26.6. The van der Waals surface area contributed by atoms with Crippen LogP contribution in [0.15, 0.2) is 77.7 Å². The molecule has 1 atom stereocenters. The van der Waals surface area contributed by atoms with Crippen LogP contribution in [0.4, 0.5) is 13.2 Å². The Balaban J connectivity index is 1.94. The number of nitrogens with zero attached hydrogens (tertiary/aromatic N) is 1. The van der Waals surface area contributed by atoms with E-state index in [1.54, 1.807) is 41.3 Å². The van der Waals surface area contributed by atoms with E-state index in [0.29, 0.717) is 23.6 Å². The highest BCUT2D eigenvalue weighted by Crippen LogP contribution is 2.32. The third kappa shape index (κ3) is 6.35. The number of alkyl halides is 3. The van der Waals surface area contributed by atoms with Gasteiger partial charge in [-0.3, -0.25) is 4.79 Å². The van der Waals surface area contributed by atoms with Crippen LogP contribution in [-0.2, 0) is 22.8 Å². The number of rotatable bonds is 8. The van der Waals surface area contributed by atoms with Gasteiger partial charge in [-0.15, -0.1) is 0 Å². The third-order valence-electron chi connectivity index (χ3n) is 5.45. The fourth-order valence-corrected chi connectivity index (χ4v) is 4.56. The van der Waals surface area contributed by atoms with Gasteiger partial charge in [0.25, 0.3) is 5.91 Å². The summed E-state index contributed by atoms with van der Waals surface area (Å²) in [7, 11) is -4.58. The van der Waals surface area contributed by atoms with Crippen molar-refractivity contribution >= 4 is 27.6 Å². The van der Waals surface area contributed by atoms with E-state index in [1.807, 2.05) is 13.8 Å². The maximum absolute atomic E-state index is 13.3. The minimum Gasteiger partial charge on any atom is -0.379 e. The lowest BCUT2D eigenvalue weighted by atomic mass is 10.1. The maximum atomic E-state index is 13.3. The molecule has 0 heterocycles. The van der Waals surface area contributed by atoms with E-state index in [2.05, 4.69) is 0 Å². The van der Waals surface area contributed by atoms with Crippen LogP contribution in [0.3, 0.4) is 0 Å². The lowest BCUT2D eigenvalue weighted by molar-refractivity contribution is -0.137. The Morgan fingerprint density at radius 3 is 2.34 bits per heavy atom. The number of hydrogen-bond donors (Lipinski definition) is 0. The van der Waals surface area contributed by atoms with Gasteiger partial charge < -0.3 is 9.08 Å². The van der Waals surface area contributed by atoms with Crippen LogP contribution in [0.25, 0.3) is 0 Å². The number of benzene rings is 3. The SMILES string of the molecule is CC[C@H](C)N(Cc1ccccc1OS(=O)(=O)c1cccc(C(F)(F)F)c1)C(=O)c1ccccc1Cl. The van der Waals surface area contributed by atoms with Crippen molar-refractivity contribution < 1.29 is 30.6 Å². The van der Waals surface area contributed by atoms with Gasteiger partial charge in [0, 0.05) is 18.2 Å². The van der Waals surface area contributed by atoms with Crippen molar-refractivity contribution in [1.82, 2.24) is 4.90 Å². The predicted molar refractivity (Wildman–Crippen MR) is 127 cm³/mol. The van der Waals surface area contributed by atoms with E-state index in [1.165, 1.54) is 12.1 Å². The fraction of sp³-hybridized carbons (Fsp3) is 0.240. The number of amides is 1. The Labute approximate surface area is 207 Å². The van der Waals surface area contributed by atoms with Gasteiger partial charge in [-0.1, -0.05) is 54.9 Å². The fourth-order valence-electron chi connectivity index (χ4n) is 3.33. The van der Waals surface area contributed by atoms with Gasteiger partial charge in [0.1, 0.15) is 10.6 Å². The predicted octanol–water partition coefficient (Wildman–Crippen LogP) is 6.57. The summed E-state index contributed by atoms with van der Waals surface area (Å²) < 4.78 is 70.1. The Morgan fingerprint density at radius 1 is 1.03 bits per heavy atom. The van der Waals surface area contributed by atoms with Crippen LogP contribution in [0.1, 0.15) is 41.8 Å². The molecule has 10 heteroatoms. The van der Waals surface area contributed by atoms with Gasteiger partial charge in [0.15, 0.2) is 0 Å². The molecule has 0 N–H and O–H groups in total. The summed E-state index contributed by atoms with van der Waals surface area (Å²) >= 11 is 6.21. The van der Waals surface area contributed by atoms with E-state index < -0.39 is 26.8 Å². The molecular formula is C25H23ClF3NO4S. The standard InChI is InChI=1S/C25H23ClF3NO4S/c1-3-17(2)30(24(31)21-12-5-6-13-22(21)26)16-18-9-4-7-14-23(18)34-35(32,33)20-11-8-10-19(15-20)25(27,28)29/h4-15,17H,3,16H2,1-2H3/t17-/m0/s1. The molecule has 0 unspecified atom stereocenters. The summed E-state index contributed by atoms with van der Waals surface area (Å²) in [6.45, 7) is 3.74. The van der Waals surface area contributed by atoms with Gasteiger partial charge >= 0.3 is 16.3 Å². The highest BCUT2D eigenvalue weighted by atomic mass is 35.5. The summed E-state index contributed by atoms with van der Waals surface area (Å²) in [6.07, 6.45) is -4.10. The van der Waals surface area contributed by atoms with Gasteiger partial charge in [0.2, 0.25) is 0 Å². The number of para-hydroxylation sites is 1. The zero-order valence-electron chi connectivity index (χ0n) is 18.9. The van der Waals surface area contributed by atoms with Gasteiger partial charge in [-0.2, -0.15) is 21.6 Å². The molecule has 5 nitrogen and oxygen atoms in total. The molecule has 0 spiro atoms. The lowest BCUT2D eigenvalue weighted by Gasteiger charge is -2.29. The van der Waals surface area contributed by atoms with Gasteiger partial charge in [-0.25, -0.2) is 0 Å². The first-order valence-electron chi connectivity index (χ1n) is 10.7. The molecule has 0 saturated carbocycles. The van der Waals surface area contributed by atoms with Crippen molar-refractivity contribution in [1.29, 1.82) is 0 Å². The Hall–Kier alpha value is -3.04. The summed E-state index contributed by atoms with van der Waals surface area (Å²) in [5, 5.41) is 0.280. The molecule has 0 fully saturated rings. The first-order valence-corrected chi connectivity index (χ1v) is 12.5. The minimum atomic E-state index is -4.71. The van der Waals surface area contributed by atoms with E-state index >= 15 is 0 Å². The zero-order chi connectivity index (χ0) is 25.8. The second-order valence-electron chi connectivity index (χ2n) is 7.84. The van der Waals surface area contributed by atoms with Crippen molar-refractivity contribution in [2.45, 2.75) is 43.9 Å². The van der Waals surface area contributed by atoms with Crippen molar-refractivity contribution in [3.8, 4) is 5.75 Å². The Morgan fingerprint density at radius 2 is 1.69 bits per heavy atom. The van der Waals surface area contributed by atoms with Crippen LogP contribution in [0, 0.1) is 0 Å². The lowest BCUT2D eigenvalue weighted by Crippen LogP contribution is -2.38. The molecule has 3 rings (SSSR count). The molecule has 0 saturated heterocycles. The van der Waals surface area contributed by atoms with Crippen LogP contribution >= 0.6 is 11.6 Å². The molecule has 1 amide bonds. The van der Waals surface area contributed by atoms with Crippen LogP contribution in [-0.4, -0.2) is 25.3 Å². The second kappa shape index (κ2) is 10.7. The Bertz CT molecular complexity index is 1310. The summed E-state index contributed by atoms with van der Waals surface area (Å²) in [5.74, 6) is -0.439. The second-order valence-corrected chi connectivity index (χ2v) is 9.79. The molecule has 0 aliphatic rings. The molecule has 3 aromatic rings. The highest BCUT2D eigenvalue weighted by molar-refractivity contribution is 7.87. The smallest absolute Gasteiger partial charge is 0.379 e. The molecule has 0 bridgehead atoms. The number of halogens is 4. The number of hydrogen-bond acceptors (Lipinski definition) is 4. The molecule has 186 valence electrons. The van der Waals surface area contributed by atoms with Crippen molar-refractivity contribution in [3.63, 3.8) is 0 Å². The minimum absolute atomic E-state index is 0.00660. The molecule has 0 aliphatic heterocycles. The average molecular weight is 526 g/mol. The van der Waals surface area contributed by atoms with Crippen molar-refractivity contribution in [3.05, 3.63) is 94.5 Å².